The summed E-state index contributed by atoms with van der Waals surface area (Å²) in [6.07, 6.45) is 2.03. The molecule has 0 bridgehead atoms. The topological polar surface area (TPSA) is 9.23 Å². The molecule has 0 saturated heterocycles. The molecule has 1 aromatic carbocycles. The molecule has 1 rings (SSSR count). The second kappa shape index (κ2) is 17.0. The van der Waals surface area contributed by atoms with Gasteiger partial charge >= 0.3 is 31.1 Å². The molecule has 0 unspecified atom stereocenters. The van der Waals surface area contributed by atoms with Gasteiger partial charge in [0.25, 0.3) is 0 Å². The van der Waals surface area contributed by atoms with E-state index in [1.165, 1.54) is 0 Å². The van der Waals surface area contributed by atoms with Crippen LogP contribution in [0.15, 0.2) is 30.3 Å². The molecule has 0 aliphatic carbocycles. The number of hydrogen-bond acceptors (Lipinski definition) is 2. The summed E-state index contributed by atoms with van der Waals surface area (Å²) in [6, 6.07) is 12.5. The van der Waals surface area contributed by atoms with Crippen LogP contribution in [-0.2, 0) is 4.74 Å². The standard InChI is InChI=1S/C6H13OS.C6H5.U/c1-2-3-4-7-5-6-8;1-2-4-6-5-3-1;/h8H,1-6H2;1-5H;/q2*-1;+2. The van der Waals surface area contributed by atoms with Crippen molar-refractivity contribution in [2.75, 3.05) is 19.0 Å². The molecular weight excluding hydrogens is 430 g/mol. The van der Waals surface area contributed by atoms with Crippen molar-refractivity contribution in [3.05, 3.63) is 43.3 Å². The van der Waals surface area contributed by atoms with Crippen LogP contribution in [0.4, 0.5) is 0 Å². The van der Waals surface area contributed by atoms with Crippen LogP contribution < -0.4 is 0 Å². The Morgan fingerprint density at radius 3 is 2.13 bits per heavy atom. The smallest absolute Gasteiger partial charge is 0.381 e. The van der Waals surface area contributed by atoms with Crippen LogP contribution in [0.1, 0.15) is 12.8 Å². The first-order valence-corrected chi connectivity index (χ1v) is 5.44. The van der Waals surface area contributed by atoms with Crippen LogP contribution >= 0.6 is 12.6 Å². The first kappa shape index (κ1) is 18.0. The zero-order valence-corrected chi connectivity index (χ0v) is 14.0. The Balaban J connectivity index is 0. The van der Waals surface area contributed by atoms with Gasteiger partial charge in [-0.15, -0.1) is 0 Å². The van der Waals surface area contributed by atoms with E-state index in [1.54, 1.807) is 0 Å². The van der Waals surface area contributed by atoms with E-state index in [4.69, 9.17) is 4.74 Å². The van der Waals surface area contributed by atoms with Crippen molar-refractivity contribution in [1.82, 2.24) is 0 Å². The Bertz CT molecular complexity index is 150. The summed E-state index contributed by atoms with van der Waals surface area (Å²) in [5.41, 5.74) is 0. The quantitative estimate of drug-likeness (QED) is 0.414. The van der Waals surface area contributed by atoms with Crippen molar-refractivity contribution in [2.45, 2.75) is 12.8 Å². The van der Waals surface area contributed by atoms with E-state index in [9.17, 15) is 0 Å². The molecule has 1 nitrogen and oxygen atoms in total. The number of unbranched alkanes of at least 4 members (excludes halogenated alkanes) is 1. The molecule has 0 spiro atoms. The van der Waals surface area contributed by atoms with Gasteiger partial charge in [-0.3, -0.25) is 0 Å². The van der Waals surface area contributed by atoms with E-state index in [0.717, 1.165) is 31.8 Å². The monoisotopic (exact) mass is 448 g/mol. The Hall–Kier alpha value is 0.582. The van der Waals surface area contributed by atoms with Gasteiger partial charge in [-0.1, -0.05) is 6.42 Å². The fraction of sp³-hybridized carbons (Fsp3) is 0.417. The molecule has 0 atom stereocenters. The van der Waals surface area contributed by atoms with Gasteiger partial charge in [0.15, 0.2) is 0 Å². The van der Waals surface area contributed by atoms with E-state index >= 15 is 0 Å². The molecule has 82 valence electrons. The van der Waals surface area contributed by atoms with Crippen LogP contribution in [0, 0.1) is 44.1 Å². The summed E-state index contributed by atoms with van der Waals surface area (Å²) < 4.78 is 5.11. The van der Waals surface area contributed by atoms with Gasteiger partial charge in [-0.25, -0.2) is 0 Å². The van der Waals surface area contributed by atoms with Crippen LogP contribution in [-0.4, -0.2) is 19.0 Å². The molecule has 1 aromatic rings. The van der Waals surface area contributed by atoms with Crippen molar-refractivity contribution in [3.8, 4) is 0 Å². The van der Waals surface area contributed by atoms with Crippen LogP contribution in [0.2, 0.25) is 0 Å². The minimum absolute atomic E-state index is 0. The Morgan fingerprint density at radius 1 is 1.13 bits per heavy atom. The van der Waals surface area contributed by atoms with Crippen LogP contribution in [0.3, 0.4) is 0 Å². The van der Waals surface area contributed by atoms with E-state index in [0.29, 0.717) is 0 Å². The van der Waals surface area contributed by atoms with E-state index in [1.807, 2.05) is 30.3 Å². The fourth-order valence-corrected chi connectivity index (χ4v) is 0.842. The van der Waals surface area contributed by atoms with Gasteiger partial charge in [0.2, 0.25) is 0 Å². The van der Waals surface area contributed by atoms with Crippen molar-refractivity contribution < 1.29 is 35.9 Å². The van der Waals surface area contributed by atoms with Gasteiger partial charge in [-0.05, 0) is 0 Å². The summed E-state index contributed by atoms with van der Waals surface area (Å²) in [5, 5.41) is 0. The minimum Gasteiger partial charge on any atom is -0.381 e. The molecule has 0 aliphatic rings. The number of rotatable bonds is 5. The van der Waals surface area contributed by atoms with Gasteiger partial charge in [0.05, 0.1) is 6.61 Å². The van der Waals surface area contributed by atoms with Crippen molar-refractivity contribution >= 4 is 12.6 Å². The SMILES string of the molecule is [CH2-]CCCOCCS.[U+2].[c-]1ccccc1. The van der Waals surface area contributed by atoms with Crippen molar-refractivity contribution in [3.63, 3.8) is 0 Å². The molecule has 0 aliphatic heterocycles. The zero-order chi connectivity index (χ0) is 10.5. The number of hydrogen-bond donors (Lipinski definition) is 1. The molecule has 0 N–H and O–H groups in total. The van der Waals surface area contributed by atoms with Gasteiger partial charge in [0, 0.05) is 12.4 Å². The molecule has 0 heterocycles. The Labute approximate surface area is 123 Å². The largest absolute Gasteiger partial charge is 2.00 e. The molecule has 0 fully saturated rings. The van der Waals surface area contributed by atoms with Crippen LogP contribution in [0.5, 0.6) is 0 Å². The average Bonchev–Trinajstić information content (AvgIpc) is 2.28. The van der Waals surface area contributed by atoms with Crippen molar-refractivity contribution in [1.29, 1.82) is 0 Å². The Morgan fingerprint density at radius 2 is 1.80 bits per heavy atom. The first-order valence-electron chi connectivity index (χ1n) is 4.80. The van der Waals surface area contributed by atoms with E-state index < -0.39 is 0 Å². The average molecular weight is 448 g/mol. The summed E-state index contributed by atoms with van der Waals surface area (Å²) >= 11 is 3.98. The van der Waals surface area contributed by atoms with Crippen LogP contribution in [0.25, 0.3) is 0 Å². The van der Waals surface area contributed by atoms with Crippen molar-refractivity contribution in [2.24, 2.45) is 0 Å². The number of benzene rings is 1. The third kappa shape index (κ3) is 17.2. The maximum atomic E-state index is 5.11. The predicted molar refractivity (Wildman–Crippen MR) is 64.5 cm³/mol. The number of thiol groups is 1. The normalized spacial score (nSPS) is 8.40. The summed E-state index contributed by atoms with van der Waals surface area (Å²) in [6.45, 7) is 5.29. The molecular formula is C12H18OSU. The third-order valence-electron chi connectivity index (χ3n) is 1.38. The summed E-state index contributed by atoms with van der Waals surface area (Å²) in [5.74, 6) is 0.817. The molecule has 3 heteroatoms. The molecule has 0 amide bonds. The van der Waals surface area contributed by atoms with E-state index in [-0.39, 0.29) is 31.1 Å². The maximum absolute atomic E-state index is 5.11. The summed E-state index contributed by atoms with van der Waals surface area (Å²) in [7, 11) is 0. The Kier molecular flexibility index (Phi) is 20.3. The van der Waals surface area contributed by atoms with E-state index in [2.05, 4.69) is 25.6 Å². The first-order chi connectivity index (χ1) is 6.91. The molecule has 0 saturated carbocycles. The second-order valence-electron chi connectivity index (χ2n) is 2.62. The fourth-order valence-electron chi connectivity index (χ4n) is 0.713. The minimum atomic E-state index is 0. The predicted octanol–water partition coefficient (Wildman–Crippen LogP) is 3.03. The van der Waals surface area contributed by atoms with Gasteiger partial charge < -0.3 is 11.7 Å². The molecule has 15 heavy (non-hydrogen) atoms. The zero-order valence-electron chi connectivity index (χ0n) is 8.98. The molecule has 0 radical (unpaired) electrons. The third-order valence-corrected chi connectivity index (χ3v) is 1.56. The molecule has 0 aromatic heterocycles. The number of ether oxygens (including phenoxy) is 1. The van der Waals surface area contributed by atoms with Gasteiger partial charge in [0.1, 0.15) is 0 Å². The summed E-state index contributed by atoms with van der Waals surface area (Å²) in [4.78, 5) is 0. The van der Waals surface area contributed by atoms with Gasteiger partial charge in [-0.2, -0.15) is 55.4 Å². The maximum Gasteiger partial charge on any atom is 2.00 e. The second-order valence-corrected chi connectivity index (χ2v) is 3.07.